The van der Waals surface area contributed by atoms with Crippen LogP contribution in [-0.2, 0) is 23.0 Å². The van der Waals surface area contributed by atoms with Crippen molar-refractivity contribution >= 4 is 27.4 Å². The predicted molar refractivity (Wildman–Crippen MR) is 109 cm³/mol. The molecule has 3 aromatic rings. The molecule has 142 valence electrons. The lowest BCUT2D eigenvalue weighted by molar-refractivity contribution is 0.600. The van der Waals surface area contributed by atoms with Crippen LogP contribution in [0.15, 0.2) is 65.7 Å². The van der Waals surface area contributed by atoms with Gasteiger partial charge in [-0.3, -0.25) is 9.40 Å². The molecular formula is C20H22ClN3O2S. The maximum atomic E-state index is 12.6. The minimum absolute atomic E-state index is 0.224. The summed E-state index contributed by atoms with van der Waals surface area (Å²) >= 11 is 5.88. The van der Waals surface area contributed by atoms with Crippen molar-refractivity contribution in [1.29, 1.82) is 0 Å². The fourth-order valence-electron chi connectivity index (χ4n) is 2.75. The van der Waals surface area contributed by atoms with E-state index in [0.717, 1.165) is 17.5 Å². The molecule has 0 bridgehead atoms. The zero-order valence-corrected chi connectivity index (χ0v) is 16.8. The van der Waals surface area contributed by atoms with Crippen LogP contribution in [0.2, 0.25) is 5.02 Å². The Morgan fingerprint density at radius 2 is 1.63 bits per heavy atom. The minimum Gasteiger partial charge on any atom is -0.266 e. The Balaban J connectivity index is 1.69. The second-order valence-electron chi connectivity index (χ2n) is 6.87. The number of nitrogens with zero attached hydrogens (tertiary/aromatic N) is 2. The standard InChI is InChI=1S/C20H22ClN3O2S/c1-15(2)13-16-5-9-19(10-6-16)27(25,26)23-20-11-12-24(22-20)14-17-3-7-18(21)8-4-17/h3-12,15H,13-14H2,1-2H3,(H,22,23). The van der Waals surface area contributed by atoms with Crippen molar-refractivity contribution in [3.63, 3.8) is 0 Å². The molecule has 0 amide bonds. The normalized spacial score (nSPS) is 11.7. The molecule has 0 radical (unpaired) electrons. The van der Waals surface area contributed by atoms with Crippen molar-refractivity contribution in [2.75, 3.05) is 4.72 Å². The van der Waals surface area contributed by atoms with Gasteiger partial charge in [0.1, 0.15) is 0 Å². The molecule has 0 spiro atoms. The van der Waals surface area contributed by atoms with Gasteiger partial charge in [-0.25, -0.2) is 8.42 Å². The number of hydrogen-bond donors (Lipinski definition) is 1. The molecule has 2 aromatic carbocycles. The third kappa shape index (κ3) is 5.34. The Morgan fingerprint density at radius 3 is 2.26 bits per heavy atom. The van der Waals surface area contributed by atoms with Crippen LogP contribution in [0.1, 0.15) is 25.0 Å². The molecule has 0 atom stereocenters. The second-order valence-corrected chi connectivity index (χ2v) is 8.99. The van der Waals surface area contributed by atoms with Gasteiger partial charge in [0.15, 0.2) is 5.82 Å². The highest BCUT2D eigenvalue weighted by atomic mass is 35.5. The fourth-order valence-corrected chi connectivity index (χ4v) is 3.88. The number of sulfonamides is 1. The van der Waals surface area contributed by atoms with Crippen LogP contribution in [0.4, 0.5) is 5.82 Å². The number of hydrogen-bond acceptors (Lipinski definition) is 3. The van der Waals surface area contributed by atoms with Crippen molar-refractivity contribution < 1.29 is 8.42 Å². The molecule has 27 heavy (non-hydrogen) atoms. The summed E-state index contributed by atoms with van der Waals surface area (Å²) < 4.78 is 29.3. The first-order valence-electron chi connectivity index (χ1n) is 8.71. The van der Waals surface area contributed by atoms with Crippen molar-refractivity contribution in [2.45, 2.75) is 31.7 Å². The maximum absolute atomic E-state index is 12.6. The minimum atomic E-state index is -3.67. The molecule has 5 nitrogen and oxygen atoms in total. The van der Waals surface area contributed by atoms with E-state index < -0.39 is 10.0 Å². The van der Waals surface area contributed by atoms with E-state index in [2.05, 4.69) is 23.7 Å². The van der Waals surface area contributed by atoms with E-state index in [1.807, 2.05) is 36.4 Å². The Hall–Kier alpha value is -2.31. The van der Waals surface area contributed by atoms with Gasteiger partial charge in [0.25, 0.3) is 10.0 Å². The van der Waals surface area contributed by atoms with E-state index in [1.165, 1.54) is 0 Å². The monoisotopic (exact) mass is 403 g/mol. The lowest BCUT2D eigenvalue weighted by atomic mass is 10.0. The molecule has 0 fully saturated rings. The molecule has 0 saturated heterocycles. The van der Waals surface area contributed by atoms with E-state index in [-0.39, 0.29) is 10.7 Å². The maximum Gasteiger partial charge on any atom is 0.263 e. The van der Waals surface area contributed by atoms with Gasteiger partial charge >= 0.3 is 0 Å². The number of halogens is 1. The van der Waals surface area contributed by atoms with Gasteiger partial charge < -0.3 is 0 Å². The van der Waals surface area contributed by atoms with Crippen molar-refractivity contribution in [3.05, 3.63) is 76.9 Å². The summed E-state index contributed by atoms with van der Waals surface area (Å²) in [5.41, 5.74) is 2.15. The number of aromatic nitrogens is 2. The molecule has 1 heterocycles. The van der Waals surface area contributed by atoms with E-state index in [0.29, 0.717) is 17.5 Å². The quantitative estimate of drug-likeness (QED) is 0.627. The average molecular weight is 404 g/mol. The number of benzene rings is 2. The number of rotatable bonds is 7. The van der Waals surface area contributed by atoms with Crippen LogP contribution < -0.4 is 4.72 Å². The van der Waals surface area contributed by atoms with Gasteiger partial charge in [0.05, 0.1) is 11.4 Å². The predicted octanol–water partition coefficient (Wildman–Crippen LogP) is 4.58. The summed E-state index contributed by atoms with van der Waals surface area (Å²) in [6, 6.07) is 16.1. The first kappa shape index (κ1) is 19.5. The topological polar surface area (TPSA) is 64.0 Å². The highest BCUT2D eigenvalue weighted by Gasteiger charge is 2.15. The molecule has 0 aliphatic heterocycles. The van der Waals surface area contributed by atoms with Gasteiger partial charge in [-0.15, -0.1) is 0 Å². The molecule has 7 heteroatoms. The first-order chi connectivity index (χ1) is 12.8. The third-order valence-corrected chi connectivity index (χ3v) is 5.64. The summed E-state index contributed by atoms with van der Waals surface area (Å²) in [5, 5.41) is 4.96. The largest absolute Gasteiger partial charge is 0.266 e. The van der Waals surface area contributed by atoms with Gasteiger partial charge in [-0.05, 0) is 47.7 Å². The molecule has 3 rings (SSSR count). The van der Waals surface area contributed by atoms with Crippen LogP contribution in [-0.4, -0.2) is 18.2 Å². The van der Waals surface area contributed by atoms with Crippen LogP contribution in [0.25, 0.3) is 0 Å². The Morgan fingerprint density at radius 1 is 1.00 bits per heavy atom. The fraction of sp³-hybridized carbons (Fsp3) is 0.250. The Labute approximate surface area is 165 Å². The molecule has 0 unspecified atom stereocenters. The summed E-state index contributed by atoms with van der Waals surface area (Å²) in [4.78, 5) is 0.224. The molecule has 1 N–H and O–H groups in total. The Bertz CT molecular complexity index is 994. The lowest BCUT2D eigenvalue weighted by Crippen LogP contribution is -2.14. The zero-order valence-electron chi connectivity index (χ0n) is 15.3. The van der Waals surface area contributed by atoms with Crippen LogP contribution in [0.3, 0.4) is 0 Å². The number of anilines is 1. The molecule has 1 aromatic heterocycles. The van der Waals surface area contributed by atoms with Gasteiger partial charge in [0, 0.05) is 17.3 Å². The highest BCUT2D eigenvalue weighted by molar-refractivity contribution is 7.92. The Kier molecular flexibility index (Phi) is 5.87. The van der Waals surface area contributed by atoms with Crippen LogP contribution >= 0.6 is 11.6 Å². The first-order valence-corrected chi connectivity index (χ1v) is 10.6. The van der Waals surface area contributed by atoms with Gasteiger partial charge in [0.2, 0.25) is 0 Å². The summed E-state index contributed by atoms with van der Waals surface area (Å²) in [7, 11) is -3.67. The molecular weight excluding hydrogens is 382 g/mol. The SMILES string of the molecule is CC(C)Cc1ccc(S(=O)(=O)Nc2ccn(Cc3ccc(Cl)cc3)n2)cc1. The highest BCUT2D eigenvalue weighted by Crippen LogP contribution is 2.17. The van der Waals surface area contributed by atoms with E-state index in [1.54, 1.807) is 29.1 Å². The van der Waals surface area contributed by atoms with Crippen molar-refractivity contribution in [1.82, 2.24) is 9.78 Å². The van der Waals surface area contributed by atoms with Crippen molar-refractivity contribution in [3.8, 4) is 0 Å². The van der Waals surface area contributed by atoms with Crippen molar-refractivity contribution in [2.24, 2.45) is 5.92 Å². The van der Waals surface area contributed by atoms with Gasteiger partial charge in [-0.2, -0.15) is 5.10 Å². The number of nitrogens with one attached hydrogen (secondary N) is 1. The summed E-state index contributed by atoms with van der Waals surface area (Å²) in [6.07, 6.45) is 2.65. The molecule has 0 aliphatic rings. The second kappa shape index (κ2) is 8.15. The van der Waals surface area contributed by atoms with E-state index in [4.69, 9.17) is 11.6 Å². The molecule has 0 aliphatic carbocycles. The summed E-state index contributed by atoms with van der Waals surface area (Å²) in [5.74, 6) is 0.811. The average Bonchev–Trinajstić information content (AvgIpc) is 3.03. The molecule has 0 saturated carbocycles. The van der Waals surface area contributed by atoms with E-state index >= 15 is 0 Å². The van der Waals surface area contributed by atoms with Gasteiger partial charge in [-0.1, -0.05) is 49.7 Å². The third-order valence-electron chi connectivity index (χ3n) is 4.02. The van der Waals surface area contributed by atoms with Crippen LogP contribution in [0, 0.1) is 5.92 Å². The van der Waals surface area contributed by atoms with Crippen LogP contribution in [0.5, 0.6) is 0 Å². The lowest BCUT2D eigenvalue weighted by Gasteiger charge is -2.08. The zero-order chi connectivity index (χ0) is 19.4. The van der Waals surface area contributed by atoms with E-state index in [9.17, 15) is 8.42 Å². The summed E-state index contributed by atoms with van der Waals surface area (Å²) in [6.45, 7) is 4.79. The smallest absolute Gasteiger partial charge is 0.263 e.